The first-order valence-electron chi connectivity index (χ1n) is 6.25. The van der Waals surface area contributed by atoms with Crippen LogP contribution in [0.5, 0.6) is 0 Å². The number of hydrogen-bond donors (Lipinski definition) is 2. The molecule has 0 fully saturated rings. The molecule has 7 heteroatoms. The average Bonchev–Trinajstić information content (AvgIpc) is 2.39. The third-order valence-corrected chi connectivity index (χ3v) is 4.05. The second-order valence-corrected chi connectivity index (χ2v) is 5.70. The van der Waals surface area contributed by atoms with Crippen molar-refractivity contribution in [2.24, 2.45) is 0 Å². The minimum absolute atomic E-state index is 0.0198. The normalized spacial score (nSPS) is 13.2. The third kappa shape index (κ3) is 4.45. The van der Waals surface area contributed by atoms with Crippen LogP contribution in [0.25, 0.3) is 0 Å². The van der Waals surface area contributed by atoms with Crippen molar-refractivity contribution in [3.63, 3.8) is 0 Å². The van der Waals surface area contributed by atoms with E-state index in [2.05, 4.69) is 15.0 Å². The Labute approximate surface area is 114 Å². The van der Waals surface area contributed by atoms with Gasteiger partial charge in [0.25, 0.3) is 10.0 Å². The lowest BCUT2D eigenvalue weighted by atomic mass is 10.3. The van der Waals surface area contributed by atoms with Gasteiger partial charge in [-0.3, -0.25) is 0 Å². The summed E-state index contributed by atoms with van der Waals surface area (Å²) in [6.45, 7) is 4.76. The summed E-state index contributed by atoms with van der Waals surface area (Å²) < 4.78 is 32.2. The Bertz CT molecular complexity index is 491. The molecule has 0 amide bonds. The average molecular weight is 287 g/mol. The molecule has 0 radical (unpaired) electrons. The van der Waals surface area contributed by atoms with E-state index in [9.17, 15) is 8.42 Å². The Morgan fingerprint density at radius 3 is 2.74 bits per heavy atom. The number of rotatable bonds is 8. The van der Waals surface area contributed by atoms with Gasteiger partial charge >= 0.3 is 0 Å². The molecule has 0 saturated carbocycles. The third-order valence-electron chi connectivity index (χ3n) is 2.58. The molecular formula is C12H21N3O3S. The van der Waals surface area contributed by atoms with Gasteiger partial charge in [0.2, 0.25) is 0 Å². The van der Waals surface area contributed by atoms with Crippen molar-refractivity contribution in [2.45, 2.75) is 31.3 Å². The van der Waals surface area contributed by atoms with Crippen LogP contribution in [0.3, 0.4) is 0 Å². The SMILES string of the molecule is CCNc1cccnc1S(=O)(=O)NC(CC)COC. The number of aromatic nitrogens is 1. The predicted octanol–water partition coefficient (Wildman–Crippen LogP) is 1.22. The molecule has 19 heavy (non-hydrogen) atoms. The molecule has 1 heterocycles. The first kappa shape index (κ1) is 15.9. The maximum absolute atomic E-state index is 12.3. The number of methoxy groups -OCH3 is 1. The molecule has 1 aromatic heterocycles. The van der Waals surface area contributed by atoms with Crippen LogP contribution in [-0.4, -0.2) is 39.7 Å². The van der Waals surface area contributed by atoms with Crippen molar-refractivity contribution in [2.75, 3.05) is 25.6 Å². The van der Waals surface area contributed by atoms with E-state index in [-0.39, 0.29) is 11.1 Å². The zero-order valence-electron chi connectivity index (χ0n) is 11.5. The Morgan fingerprint density at radius 1 is 1.42 bits per heavy atom. The summed E-state index contributed by atoms with van der Waals surface area (Å²) in [5.74, 6) is 0. The van der Waals surface area contributed by atoms with E-state index >= 15 is 0 Å². The summed E-state index contributed by atoms with van der Waals surface area (Å²) in [4.78, 5) is 3.96. The molecule has 0 aliphatic carbocycles. The first-order chi connectivity index (χ1) is 9.05. The molecule has 1 aromatic rings. The van der Waals surface area contributed by atoms with Gasteiger partial charge in [0, 0.05) is 25.9 Å². The molecule has 1 unspecified atom stereocenters. The fraction of sp³-hybridized carbons (Fsp3) is 0.583. The lowest BCUT2D eigenvalue weighted by molar-refractivity contribution is 0.173. The van der Waals surface area contributed by atoms with Crippen LogP contribution in [0.1, 0.15) is 20.3 Å². The molecule has 0 aliphatic heterocycles. The van der Waals surface area contributed by atoms with Gasteiger partial charge < -0.3 is 10.1 Å². The van der Waals surface area contributed by atoms with Crippen LogP contribution in [0.2, 0.25) is 0 Å². The lowest BCUT2D eigenvalue weighted by Crippen LogP contribution is -2.38. The highest BCUT2D eigenvalue weighted by Crippen LogP contribution is 2.18. The number of pyridine rings is 1. The van der Waals surface area contributed by atoms with E-state index in [1.807, 2.05) is 13.8 Å². The largest absolute Gasteiger partial charge is 0.383 e. The molecule has 0 aliphatic rings. The first-order valence-corrected chi connectivity index (χ1v) is 7.73. The van der Waals surface area contributed by atoms with Gasteiger partial charge in [-0.05, 0) is 25.5 Å². The maximum Gasteiger partial charge on any atom is 0.260 e. The Balaban J connectivity index is 2.99. The number of nitrogens with one attached hydrogen (secondary N) is 2. The topological polar surface area (TPSA) is 80.3 Å². The van der Waals surface area contributed by atoms with Crippen molar-refractivity contribution in [1.29, 1.82) is 0 Å². The van der Waals surface area contributed by atoms with E-state index in [1.54, 1.807) is 19.2 Å². The van der Waals surface area contributed by atoms with E-state index in [1.165, 1.54) is 6.20 Å². The van der Waals surface area contributed by atoms with Crippen LogP contribution >= 0.6 is 0 Å². The van der Waals surface area contributed by atoms with Crippen molar-refractivity contribution in [1.82, 2.24) is 9.71 Å². The summed E-state index contributed by atoms with van der Waals surface area (Å²) >= 11 is 0. The van der Waals surface area contributed by atoms with Crippen molar-refractivity contribution in [3.8, 4) is 0 Å². The van der Waals surface area contributed by atoms with Gasteiger partial charge in [-0.2, -0.15) is 0 Å². The summed E-state index contributed by atoms with van der Waals surface area (Å²) in [6.07, 6.45) is 2.11. The monoisotopic (exact) mass is 287 g/mol. The molecule has 0 spiro atoms. The van der Waals surface area contributed by atoms with Crippen molar-refractivity contribution < 1.29 is 13.2 Å². The van der Waals surface area contributed by atoms with Crippen LogP contribution in [-0.2, 0) is 14.8 Å². The predicted molar refractivity (Wildman–Crippen MR) is 74.7 cm³/mol. The summed E-state index contributed by atoms with van der Waals surface area (Å²) in [5, 5.41) is 3.01. The molecule has 0 aromatic carbocycles. The Morgan fingerprint density at radius 2 is 2.16 bits per heavy atom. The fourth-order valence-electron chi connectivity index (χ4n) is 1.64. The van der Waals surface area contributed by atoms with Gasteiger partial charge in [-0.15, -0.1) is 0 Å². The van der Waals surface area contributed by atoms with Gasteiger partial charge in [0.15, 0.2) is 5.03 Å². The molecule has 1 rings (SSSR count). The highest BCUT2D eigenvalue weighted by Gasteiger charge is 2.23. The smallest absolute Gasteiger partial charge is 0.260 e. The van der Waals surface area contributed by atoms with Crippen LogP contribution < -0.4 is 10.0 Å². The minimum atomic E-state index is -3.65. The zero-order valence-corrected chi connectivity index (χ0v) is 12.3. The number of hydrogen-bond acceptors (Lipinski definition) is 5. The quantitative estimate of drug-likeness (QED) is 0.751. The van der Waals surface area contributed by atoms with E-state index < -0.39 is 10.0 Å². The second-order valence-electron chi connectivity index (χ2n) is 4.07. The Hall–Kier alpha value is -1.18. The van der Waals surface area contributed by atoms with Crippen molar-refractivity contribution >= 4 is 15.7 Å². The van der Waals surface area contributed by atoms with Gasteiger partial charge in [0.05, 0.1) is 12.3 Å². The Kier molecular flexibility index (Phi) is 6.20. The molecule has 2 N–H and O–H groups in total. The van der Waals surface area contributed by atoms with Gasteiger partial charge in [0.1, 0.15) is 0 Å². The molecule has 1 atom stereocenters. The van der Waals surface area contributed by atoms with E-state index in [0.29, 0.717) is 25.3 Å². The molecule has 0 saturated heterocycles. The molecule has 6 nitrogen and oxygen atoms in total. The van der Waals surface area contributed by atoms with E-state index in [0.717, 1.165) is 0 Å². The van der Waals surface area contributed by atoms with Crippen LogP contribution in [0.4, 0.5) is 5.69 Å². The summed E-state index contributed by atoms with van der Waals surface area (Å²) in [6, 6.07) is 3.14. The van der Waals surface area contributed by atoms with Crippen molar-refractivity contribution in [3.05, 3.63) is 18.3 Å². The minimum Gasteiger partial charge on any atom is -0.383 e. The number of anilines is 1. The lowest BCUT2D eigenvalue weighted by Gasteiger charge is -2.17. The van der Waals surface area contributed by atoms with Crippen LogP contribution in [0.15, 0.2) is 23.4 Å². The highest BCUT2D eigenvalue weighted by molar-refractivity contribution is 7.89. The fourth-order valence-corrected chi connectivity index (χ4v) is 3.06. The molecule has 0 bridgehead atoms. The molecular weight excluding hydrogens is 266 g/mol. The van der Waals surface area contributed by atoms with Crippen LogP contribution in [0, 0.1) is 0 Å². The molecule has 108 valence electrons. The summed E-state index contributed by atoms with van der Waals surface area (Å²) in [5.41, 5.74) is 0.504. The zero-order chi connectivity index (χ0) is 14.3. The highest BCUT2D eigenvalue weighted by atomic mass is 32.2. The summed E-state index contributed by atoms with van der Waals surface area (Å²) in [7, 11) is -2.11. The maximum atomic E-state index is 12.3. The second kappa shape index (κ2) is 7.42. The number of ether oxygens (including phenoxy) is 1. The standard InChI is InChI=1S/C12H21N3O3S/c1-4-10(9-18-3)15-19(16,17)12-11(13-5-2)7-6-8-14-12/h6-8,10,13,15H,4-5,9H2,1-3H3. The number of sulfonamides is 1. The van der Waals surface area contributed by atoms with E-state index in [4.69, 9.17) is 4.74 Å². The number of nitrogens with zero attached hydrogens (tertiary/aromatic N) is 1. The van der Waals surface area contributed by atoms with Gasteiger partial charge in [-0.25, -0.2) is 18.1 Å². The van der Waals surface area contributed by atoms with Gasteiger partial charge in [-0.1, -0.05) is 6.92 Å².